The van der Waals surface area contributed by atoms with Crippen molar-refractivity contribution in [1.29, 1.82) is 5.39 Å². The van der Waals surface area contributed by atoms with Crippen LogP contribution in [0, 0.1) is 5.39 Å². The Kier molecular flexibility index (Phi) is 21.0. The Morgan fingerprint density at radius 3 is 1.64 bits per heavy atom. The summed E-state index contributed by atoms with van der Waals surface area (Å²) in [6.07, 6.45) is 16.2. The number of alkyl halides is 1. The fourth-order valence-electron chi connectivity index (χ4n) is 4.29. The third-order valence-corrected chi connectivity index (χ3v) is 8.33. The molecule has 12 heteroatoms. The van der Waals surface area contributed by atoms with Crippen LogP contribution in [0.25, 0.3) is 4.98 Å². The van der Waals surface area contributed by atoms with Gasteiger partial charge in [0, 0.05) is 12.6 Å². The van der Waals surface area contributed by atoms with E-state index in [2.05, 4.69) is 18.8 Å². The number of benzene rings is 1. The van der Waals surface area contributed by atoms with Gasteiger partial charge in [-0.05, 0) is 25.3 Å². The van der Waals surface area contributed by atoms with Crippen LogP contribution < -0.4 is 0 Å². The first kappa shape index (κ1) is 37.3. The lowest BCUT2D eigenvalue weighted by Gasteiger charge is -2.25. The molecule has 0 aromatic heterocycles. The summed E-state index contributed by atoms with van der Waals surface area (Å²) in [6, 6.07) is 5.97. The fourth-order valence-corrected chi connectivity index (χ4v) is 5.94. The lowest BCUT2D eigenvalue weighted by Crippen LogP contribution is -2.38. The van der Waals surface area contributed by atoms with Crippen molar-refractivity contribution in [3.63, 3.8) is 0 Å². The maximum absolute atomic E-state index is 15.3. The van der Waals surface area contributed by atoms with Crippen molar-refractivity contribution in [3.05, 3.63) is 29.2 Å². The summed E-state index contributed by atoms with van der Waals surface area (Å²) < 4.78 is 81.9. The Hall–Kier alpha value is -1.74. The second-order valence-corrected chi connectivity index (χ2v) is 11.7. The first-order valence-corrected chi connectivity index (χ1v) is 15.9. The van der Waals surface area contributed by atoms with Crippen molar-refractivity contribution < 1.29 is 30.1 Å². The maximum atomic E-state index is 15.3. The van der Waals surface area contributed by atoms with Crippen molar-refractivity contribution in [1.82, 2.24) is 4.31 Å². The molecule has 39 heavy (non-hydrogen) atoms. The van der Waals surface area contributed by atoms with Gasteiger partial charge < -0.3 is 17.3 Å². The molecule has 0 aliphatic rings. The minimum Gasteiger partial charge on any atom is -0.418 e. The number of halogens is 5. The van der Waals surface area contributed by atoms with Gasteiger partial charge in [0.05, 0.1) is 0 Å². The van der Waals surface area contributed by atoms with Crippen molar-refractivity contribution in [2.24, 2.45) is 0 Å². The molecule has 0 saturated carbocycles. The predicted octanol–water partition coefficient (Wildman–Crippen LogP) is 10.4. The Morgan fingerprint density at radius 2 is 1.18 bits per heavy atom. The van der Waals surface area contributed by atoms with Crippen LogP contribution in [0.2, 0.25) is 0 Å². The molecule has 0 bridgehead atoms. The van der Waals surface area contributed by atoms with Crippen LogP contribution in [-0.4, -0.2) is 32.8 Å². The Balaban J connectivity index is 0.00000263. The number of sulfonamides is 1. The van der Waals surface area contributed by atoms with E-state index in [1.165, 1.54) is 57.1 Å². The molecular formula is C27H47BF5N3O2S. The van der Waals surface area contributed by atoms with Crippen LogP contribution in [0.15, 0.2) is 29.2 Å². The quantitative estimate of drug-likeness (QED) is 0.0475. The van der Waals surface area contributed by atoms with Crippen LogP contribution in [-0.2, 0) is 10.0 Å². The molecule has 1 aromatic rings. The van der Waals surface area contributed by atoms with Gasteiger partial charge in [-0.2, -0.15) is 4.31 Å². The summed E-state index contributed by atoms with van der Waals surface area (Å²) in [5, 5.41) is 9.25. The highest BCUT2D eigenvalue weighted by Crippen LogP contribution is 2.30. The van der Waals surface area contributed by atoms with Gasteiger partial charge in [0.2, 0.25) is 5.39 Å². The normalized spacial score (nSPS) is 12.6. The van der Waals surface area contributed by atoms with Crippen LogP contribution in [0.4, 0.5) is 27.3 Å². The Labute approximate surface area is 232 Å². The van der Waals surface area contributed by atoms with E-state index in [0.29, 0.717) is 12.8 Å². The van der Waals surface area contributed by atoms with E-state index in [9.17, 15) is 31.1 Å². The van der Waals surface area contributed by atoms with Gasteiger partial charge in [-0.15, -0.1) is 0 Å². The van der Waals surface area contributed by atoms with Gasteiger partial charge in [0.1, 0.15) is 0 Å². The van der Waals surface area contributed by atoms with Crippen molar-refractivity contribution in [2.45, 2.75) is 134 Å². The summed E-state index contributed by atoms with van der Waals surface area (Å²) in [5.74, 6) is 0. The second kappa shape index (κ2) is 22.0. The van der Waals surface area contributed by atoms with Crippen molar-refractivity contribution in [3.8, 4) is 0 Å². The maximum Gasteiger partial charge on any atom is 0.673 e. The minimum atomic E-state index is -6.00. The molecule has 0 amide bonds. The average Bonchev–Trinajstić information content (AvgIpc) is 2.88. The monoisotopic (exact) mass is 583 g/mol. The van der Waals surface area contributed by atoms with Gasteiger partial charge in [-0.3, -0.25) is 0 Å². The van der Waals surface area contributed by atoms with Gasteiger partial charge in [-0.1, -0.05) is 116 Å². The van der Waals surface area contributed by atoms with E-state index in [-0.39, 0.29) is 23.5 Å². The van der Waals surface area contributed by atoms with E-state index in [1.54, 1.807) is 12.1 Å². The first-order chi connectivity index (χ1) is 18.5. The van der Waals surface area contributed by atoms with E-state index in [1.807, 2.05) is 0 Å². The van der Waals surface area contributed by atoms with Gasteiger partial charge >= 0.3 is 12.9 Å². The van der Waals surface area contributed by atoms with Crippen LogP contribution in [0.3, 0.4) is 0 Å². The van der Waals surface area contributed by atoms with Gasteiger partial charge in [0.25, 0.3) is 10.0 Å². The first-order valence-electron chi connectivity index (χ1n) is 14.5. The van der Waals surface area contributed by atoms with E-state index >= 15 is 4.39 Å². The third kappa shape index (κ3) is 19.1. The number of hydrogen-bond donors (Lipinski definition) is 0. The molecule has 0 saturated heterocycles. The summed E-state index contributed by atoms with van der Waals surface area (Å²) in [5.41, 5.74) is -0.0541. The van der Waals surface area contributed by atoms with Crippen molar-refractivity contribution in [2.75, 3.05) is 6.54 Å². The molecule has 0 spiro atoms. The SMILES string of the molecule is CCCCCCCCCCCCCN(C(F)CCCCCCC)S(=O)(=O)c1ccccc1[N+]#N.F[B-](F)(F)F. The molecule has 0 N–H and O–H groups in total. The predicted molar refractivity (Wildman–Crippen MR) is 150 cm³/mol. The molecule has 0 aliphatic heterocycles. The summed E-state index contributed by atoms with van der Waals surface area (Å²) in [6.45, 7) is 4.50. The largest absolute Gasteiger partial charge is 0.673 e. The lowest BCUT2D eigenvalue weighted by molar-refractivity contribution is 0.148. The summed E-state index contributed by atoms with van der Waals surface area (Å²) in [7, 11) is -10.1. The molecule has 226 valence electrons. The number of nitrogens with zero attached hydrogens (tertiary/aromatic N) is 3. The van der Waals surface area contributed by atoms with Crippen LogP contribution >= 0.6 is 0 Å². The van der Waals surface area contributed by atoms with Crippen molar-refractivity contribution >= 4 is 23.0 Å². The highest BCUT2D eigenvalue weighted by molar-refractivity contribution is 7.89. The molecule has 1 aromatic carbocycles. The number of unbranched alkanes of at least 4 members (excludes halogenated alkanes) is 14. The molecule has 0 radical (unpaired) electrons. The molecular weight excluding hydrogens is 536 g/mol. The number of diazo groups is 1. The zero-order chi connectivity index (χ0) is 29.6. The second-order valence-electron chi connectivity index (χ2n) is 9.85. The van der Waals surface area contributed by atoms with Crippen LogP contribution in [0.1, 0.15) is 123 Å². The third-order valence-electron chi connectivity index (χ3n) is 6.40. The van der Waals surface area contributed by atoms with E-state index in [0.717, 1.165) is 49.3 Å². The average molecular weight is 584 g/mol. The van der Waals surface area contributed by atoms with Crippen LogP contribution in [0.5, 0.6) is 0 Å². The fraction of sp³-hybridized carbons (Fsp3) is 0.778. The topological polar surface area (TPSA) is 65.5 Å². The number of rotatable bonds is 21. The van der Waals surface area contributed by atoms with Gasteiger partial charge in [-0.25, -0.2) is 12.8 Å². The standard InChI is InChI=1S/C27H47FN3O2S.BF4/c1-3-5-7-9-10-11-12-13-14-16-20-24-31(27(28)23-17-15-8-6-4-2)34(32,33)26-22-19-18-21-25(26)30-29;2-1(3,4)5/h18-19,21-22,27H,3-17,20,23-24H2,1-2H3;/q+1;-1. The highest BCUT2D eigenvalue weighted by Gasteiger charge is 2.36. The molecule has 1 rings (SSSR count). The molecule has 5 nitrogen and oxygen atoms in total. The zero-order valence-corrected chi connectivity index (χ0v) is 24.5. The molecule has 1 unspecified atom stereocenters. The lowest BCUT2D eigenvalue weighted by atomic mass is 10.1. The molecule has 1 atom stereocenters. The highest BCUT2D eigenvalue weighted by atomic mass is 32.2. The minimum absolute atomic E-state index is 0.0541. The zero-order valence-electron chi connectivity index (χ0n) is 23.6. The number of hydrogen-bond acceptors (Lipinski definition) is 3. The summed E-state index contributed by atoms with van der Waals surface area (Å²) >= 11 is 0. The van der Waals surface area contributed by atoms with E-state index in [4.69, 9.17) is 0 Å². The Bertz CT molecular complexity index is 892. The summed E-state index contributed by atoms with van der Waals surface area (Å²) in [4.78, 5) is 2.96. The molecule has 0 heterocycles. The Morgan fingerprint density at radius 1 is 0.769 bits per heavy atom. The van der Waals surface area contributed by atoms with Gasteiger partial charge in [0.15, 0.2) is 16.2 Å². The van der Waals surface area contributed by atoms with E-state index < -0.39 is 23.6 Å². The molecule has 0 fully saturated rings. The molecule has 0 aliphatic carbocycles. The smallest absolute Gasteiger partial charge is 0.418 e.